The van der Waals surface area contributed by atoms with E-state index in [2.05, 4.69) is 9.97 Å². The first kappa shape index (κ1) is 36.3. The molecule has 0 unspecified atom stereocenters. The first-order chi connectivity index (χ1) is 21.7. The largest absolute Gasteiger partial charge is 0.497 e. The van der Waals surface area contributed by atoms with E-state index < -0.39 is 23.6 Å². The van der Waals surface area contributed by atoms with Gasteiger partial charge in [0.2, 0.25) is 0 Å². The Hall–Kier alpha value is -5.20. The molecule has 1 saturated heterocycles. The van der Waals surface area contributed by atoms with Crippen molar-refractivity contribution in [1.29, 1.82) is 0 Å². The number of nitrogens with zero attached hydrogens (tertiary/aromatic N) is 1. The minimum Gasteiger partial charge on any atom is -0.497 e. The summed E-state index contributed by atoms with van der Waals surface area (Å²) in [5.74, 6) is 1.39. The van der Waals surface area contributed by atoms with Gasteiger partial charge in [-0.25, -0.2) is 18.6 Å². The van der Waals surface area contributed by atoms with Crippen LogP contribution in [0.15, 0.2) is 71.7 Å². The first-order valence-electron chi connectivity index (χ1n) is 13.7. The highest BCUT2D eigenvalue weighted by molar-refractivity contribution is 5.84. The lowest BCUT2D eigenvalue weighted by Crippen LogP contribution is -2.08. The number of nitrogens with two attached hydrogens (primary N) is 1. The summed E-state index contributed by atoms with van der Waals surface area (Å²) in [6, 6.07) is 16.2. The van der Waals surface area contributed by atoms with Gasteiger partial charge in [-0.1, -0.05) is 14.9 Å². The van der Waals surface area contributed by atoms with Gasteiger partial charge in [0.15, 0.2) is 6.29 Å². The Labute approximate surface area is 272 Å². The van der Waals surface area contributed by atoms with E-state index >= 15 is 0 Å². The van der Waals surface area contributed by atoms with Crippen molar-refractivity contribution in [3.05, 3.63) is 94.5 Å². The molecule has 1 aliphatic heterocycles. The molecule has 0 saturated carbocycles. The van der Waals surface area contributed by atoms with E-state index in [-0.39, 0.29) is 14.9 Å². The lowest BCUT2D eigenvalue weighted by atomic mass is 10.00. The summed E-state index contributed by atoms with van der Waals surface area (Å²) < 4.78 is 60.6. The number of nitrogen functional groups attached to an aromatic ring is 1. The van der Waals surface area contributed by atoms with Crippen LogP contribution >= 0.6 is 0 Å². The van der Waals surface area contributed by atoms with E-state index in [4.69, 9.17) is 34.2 Å². The van der Waals surface area contributed by atoms with Crippen molar-refractivity contribution in [2.24, 2.45) is 0 Å². The molecule has 4 aromatic carbocycles. The number of rotatable bonds is 7. The molecule has 3 N–H and O–H groups in total. The van der Waals surface area contributed by atoms with Crippen molar-refractivity contribution < 1.29 is 37.2 Å². The van der Waals surface area contributed by atoms with Crippen LogP contribution in [0.3, 0.4) is 0 Å². The predicted octanol–water partition coefficient (Wildman–Crippen LogP) is 7.16. The molecule has 0 aliphatic carbocycles. The molecule has 0 atom stereocenters. The van der Waals surface area contributed by atoms with Crippen LogP contribution in [0.5, 0.6) is 23.0 Å². The van der Waals surface area contributed by atoms with E-state index in [1.54, 1.807) is 62.8 Å². The second-order valence-corrected chi connectivity index (χ2v) is 9.84. The van der Waals surface area contributed by atoms with Crippen LogP contribution in [-0.4, -0.2) is 51.6 Å². The summed E-state index contributed by atoms with van der Waals surface area (Å²) >= 11 is 0. The van der Waals surface area contributed by atoms with E-state index in [1.807, 2.05) is 0 Å². The molecule has 0 amide bonds. The molecule has 250 valence electrons. The molecule has 0 radical (unpaired) electrons. The summed E-state index contributed by atoms with van der Waals surface area (Å²) in [6.07, 6.45) is 0.843. The van der Waals surface area contributed by atoms with Gasteiger partial charge in [-0.05, 0) is 59.7 Å². The van der Waals surface area contributed by atoms with Gasteiger partial charge in [-0.2, -0.15) is 0 Å². The van der Waals surface area contributed by atoms with E-state index in [0.29, 0.717) is 80.6 Å². The molecule has 47 heavy (non-hydrogen) atoms. The first-order valence-corrected chi connectivity index (χ1v) is 13.7. The zero-order valence-electron chi connectivity index (χ0n) is 25.0. The van der Waals surface area contributed by atoms with Gasteiger partial charge in [-0.3, -0.25) is 0 Å². The summed E-state index contributed by atoms with van der Waals surface area (Å²) in [7, 11) is 6.15. The zero-order chi connectivity index (χ0) is 32.1. The molecule has 1 aromatic heterocycles. The molecule has 1 aliphatic rings. The lowest BCUT2D eigenvalue weighted by molar-refractivity contribution is -0.0435. The fraction of sp³-hybridized carbons (Fsp3) is 0.257. The Kier molecular flexibility index (Phi) is 12.3. The second-order valence-electron chi connectivity index (χ2n) is 9.84. The SMILES string of the molecule is C.C.COc1cc(OC)cc(-c2cc(C3OCCO3)c(N)cc2F)c1.COc1cc(OC)cc(-c2cc3cnc(=O)[nH]c3cc2F)c1. The number of aromatic amines is 1. The van der Waals surface area contributed by atoms with Crippen LogP contribution in [0.4, 0.5) is 14.5 Å². The number of hydrogen-bond donors (Lipinski definition) is 2. The van der Waals surface area contributed by atoms with Crippen LogP contribution < -0.4 is 30.4 Å². The van der Waals surface area contributed by atoms with Crippen molar-refractivity contribution in [2.45, 2.75) is 21.1 Å². The summed E-state index contributed by atoms with van der Waals surface area (Å²) in [5, 5.41) is 0.637. The van der Waals surface area contributed by atoms with Gasteiger partial charge in [0, 0.05) is 46.1 Å². The standard InChI is InChI=1S/C17H18FNO4.C16H13FN2O3.2CH4/c1-20-11-5-10(6-12(7-11)21-2)13-8-14(16(19)9-15(13)18)17-22-3-4-23-17;1-21-11-3-9(4-12(6-11)22-2)13-5-10-8-18-16(20)19-15(10)7-14(13)17;;/h5-9,17H,3-4,19H2,1-2H3;3-8H,1-2H3,(H,18,19,20);2*1H4. The van der Waals surface area contributed by atoms with Crippen LogP contribution in [-0.2, 0) is 9.47 Å². The quantitative estimate of drug-likeness (QED) is 0.176. The topological polar surface area (TPSA) is 127 Å². The number of methoxy groups -OCH3 is 4. The smallest absolute Gasteiger partial charge is 0.345 e. The predicted molar refractivity (Wildman–Crippen MR) is 178 cm³/mol. The van der Waals surface area contributed by atoms with Crippen molar-refractivity contribution in [1.82, 2.24) is 9.97 Å². The Bertz CT molecular complexity index is 1850. The average molecular weight is 652 g/mol. The normalized spacial score (nSPS) is 12.3. The van der Waals surface area contributed by atoms with Gasteiger partial charge in [-0.15, -0.1) is 0 Å². The van der Waals surface area contributed by atoms with Gasteiger partial charge in [0.25, 0.3) is 0 Å². The monoisotopic (exact) mass is 651 g/mol. The maximum absolute atomic E-state index is 14.4. The van der Waals surface area contributed by atoms with Gasteiger partial charge in [0.05, 0.1) is 47.2 Å². The van der Waals surface area contributed by atoms with Gasteiger partial charge >= 0.3 is 5.69 Å². The van der Waals surface area contributed by atoms with Gasteiger partial charge < -0.3 is 39.1 Å². The van der Waals surface area contributed by atoms with Gasteiger partial charge in [0.1, 0.15) is 34.6 Å². The average Bonchev–Trinajstić information content (AvgIpc) is 3.59. The number of aromatic nitrogens is 2. The van der Waals surface area contributed by atoms with E-state index in [0.717, 1.165) is 0 Å². The van der Waals surface area contributed by atoms with Crippen LogP contribution in [0.1, 0.15) is 26.7 Å². The van der Waals surface area contributed by atoms with Crippen molar-refractivity contribution in [3.8, 4) is 45.3 Å². The zero-order valence-corrected chi connectivity index (χ0v) is 25.0. The molecule has 12 heteroatoms. The lowest BCUT2D eigenvalue weighted by Gasteiger charge is -2.15. The fourth-order valence-corrected chi connectivity index (χ4v) is 4.80. The highest BCUT2D eigenvalue weighted by atomic mass is 19.1. The molecule has 0 spiro atoms. The Morgan fingerprint density at radius 2 is 1.19 bits per heavy atom. The van der Waals surface area contributed by atoms with E-state index in [1.165, 1.54) is 32.5 Å². The molecule has 6 rings (SSSR count). The molecule has 10 nitrogen and oxygen atoms in total. The Balaban J connectivity index is 0.000000245. The number of fused-ring (bicyclic) bond motifs is 1. The van der Waals surface area contributed by atoms with Crippen LogP contribution in [0.2, 0.25) is 0 Å². The summed E-state index contributed by atoms with van der Waals surface area (Å²) in [4.78, 5) is 17.3. The minimum atomic E-state index is -0.568. The molecule has 1 fully saturated rings. The number of ether oxygens (including phenoxy) is 6. The maximum atomic E-state index is 14.4. The summed E-state index contributed by atoms with van der Waals surface area (Å²) in [5.41, 5.74) is 8.70. The van der Waals surface area contributed by atoms with Crippen LogP contribution in [0, 0.1) is 11.6 Å². The minimum absolute atomic E-state index is 0. The third-order valence-electron chi connectivity index (χ3n) is 7.08. The van der Waals surface area contributed by atoms with E-state index in [9.17, 15) is 13.6 Å². The molecule has 5 aromatic rings. The van der Waals surface area contributed by atoms with Crippen LogP contribution in [0.25, 0.3) is 33.2 Å². The molecular weight excluding hydrogens is 612 g/mol. The number of hydrogen-bond acceptors (Lipinski definition) is 9. The number of benzene rings is 4. The third-order valence-corrected chi connectivity index (χ3v) is 7.08. The Morgan fingerprint density at radius 1 is 0.723 bits per heavy atom. The molecule has 2 heterocycles. The summed E-state index contributed by atoms with van der Waals surface area (Å²) in [6.45, 7) is 0.980. The number of nitrogens with one attached hydrogen (secondary N) is 1. The van der Waals surface area contributed by atoms with Crippen molar-refractivity contribution in [3.63, 3.8) is 0 Å². The highest BCUT2D eigenvalue weighted by Crippen LogP contribution is 2.37. The van der Waals surface area contributed by atoms with Crippen molar-refractivity contribution >= 4 is 16.6 Å². The maximum Gasteiger partial charge on any atom is 0.345 e. The third kappa shape index (κ3) is 8.15. The molecular formula is C35H39F2N3O7. The number of H-pyrrole nitrogens is 1. The fourth-order valence-electron chi connectivity index (χ4n) is 4.80. The second kappa shape index (κ2) is 15.9. The molecule has 0 bridgehead atoms. The highest BCUT2D eigenvalue weighted by Gasteiger charge is 2.23. The number of anilines is 1. The van der Waals surface area contributed by atoms with Crippen molar-refractivity contribution in [2.75, 3.05) is 47.4 Å². The number of halogens is 2. The Morgan fingerprint density at radius 3 is 1.68 bits per heavy atom.